The van der Waals surface area contributed by atoms with Crippen LogP contribution in [-0.2, 0) is 14.8 Å². The number of hydrogen-bond acceptors (Lipinski definition) is 6. The van der Waals surface area contributed by atoms with Gasteiger partial charge in [-0.15, -0.1) is 0 Å². The zero-order chi connectivity index (χ0) is 23.3. The molecule has 0 spiro atoms. The quantitative estimate of drug-likeness (QED) is 0.357. The fourth-order valence-electron chi connectivity index (χ4n) is 3.08. The number of amides is 1. The van der Waals surface area contributed by atoms with Crippen molar-refractivity contribution in [3.63, 3.8) is 0 Å². The highest BCUT2D eigenvalue weighted by Gasteiger charge is 2.31. The number of rotatable bonds is 9. The Bertz CT molecular complexity index is 1080. The molecule has 0 saturated carbocycles. The Balaban J connectivity index is 2.13. The van der Waals surface area contributed by atoms with Gasteiger partial charge in [-0.05, 0) is 50.5 Å². The van der Waals surface area contributed by atoms with E-state index in [1.54, 1.807) is 6.92 Å². The Hall–Kier alpha value is -3.14. The Morgan fingerprint density at radius 1 is 1.16 bits per heavy atom. The summed E-state index contributed by atoms with van der Waals surface area (Å²) in [5.74, 6) is 0.174. The van der Waals surface area contributed by atoms with Crippen LogP contribution in [0.2, 0.25) is 0 Å². The molecule has 0 heterocycles. The second kappa shape index (κ2) is 9.78. The number of carbonyl (C=O) groups is 1. The summed E-state index contributed by atoms with van der Waals surface area (Å²) in [6.07, 6.45) is 0.957. The lowest BCUT2D eigenvalue weighted by Crippen LogP contribution is -2.48. The van der Waals surface area contributed by atoms with Gasteiger partial charge in [0.15, 0.2) is 0 Å². The minimum Gasteiger partial charge on any atom is -0.491 e. The standard InChI is InChI=1S/C21H27N3O6S/c1-14-6-7-16(3)20(12-14)30-11-10-22-21(25)17(4)23(31(5,28)29)19-13-18(24(26)27)9-8-15(19)2/h6-9,12-13,17H,10-11H2,1-5H3,(H,22,25)/t17-/m0/s1. The molecule has 2 rings (SSSR count). The largest absolute Gasteiger partial charge is 0.491 e. The number of hydrogen-bond donors (Lipinski definition) is 1. The first-order valence-corrected chi connectivity index (χ1v) is 11.5. The third kappa shape index (κ3) is 6.17. The molecule has 0 fully saturated rings. The van der Waals surface area contributed by atoms with Crippen LogP contribution in [0.1, 0.15) is 23.6 Å². The molecule has 0 aliphatic carbocycles. The Morgan fingerprint density at radius 2 is 1.81 bits per heavy atom. The third-order valence-corrected chi connectivity index (χ3v) is 5.96. The van der Waals surface area contributed by atoms with Crippen molar-refractivity contribution in [2.45, 2.75) is 33.7 Å². The van der Waals surface area contributed by atoms with Gasteiger partial charge in [0, 0.05) is 12.1 Å². The van der Waals surface area contributed by atoms with E-state index in [1.807, 2.05) is 32.0 Å². The number of benzene rings is 2. The fraction of sp³-hybridized carbons (Fsp3) is 0.381. The zero-order valence-corrected chi connectivity index (χ0v) is 19.0. The fourth-order valence-corrected chi connectivity index (χ4v) is 4.30. The van der Waals surface area contributed by atoms with Crippen molar-refractivity contribution >= 4 is 27.3 Å². The second-order valence-electron chi connectivity index (χ2n) is 7.37. The van der Waals surface area contributed by atoms with Crippen LogP contribution in [0, 0.1) is 30.9 Å². The molecule has 168 valence electrons. The molecule has 1 amide bonds. The van der Waals surface area contributed by atoms with Crippen LogP contribution < -0.4 is 14.4 Å². The van der Waals surface area contributed by atoms with Crippen molar-refractivity contribution in [2.75, 3.05) is 23.7 Å². The van der Waals surface area contributed by atoms with Gasteiger partial charge < -0.3 is 10.1 Å². The molecule has 0 aliphatic rings. The average molecular weight is 450 g/mol. The summed E-state index contributed by atoms with van der Waals surface area (Å²) in [5.41, 5.74) is 2.34. The van der Waals surface area contributed by atoms with Crippen molar-refractivity contribution in [1.29, 1.82) is 0 Å². The monoisotopic (exact) mass is 449 g/mol. The number of ether oxygens (including phenoxy) is 1. The van der Waals surface area contributed by atoms with E-state index >= 15 is 0 Å². The molecule has 1 N–H and O–H groups in total. The predicted octanol–water partition coefficient (Wildman–Crippen LogP) is 2.87. The molecule has 2 aromatic rings. The van der Waals surface area contributed by atoms with E-state index in [0.717, 1.165) is 27.8 Å². The first kappa shape index (κ1) is 24.1. The van der Waals surface area contributed by atoms with Crippen molar-refractivity contribution in [1.82, 2.24) is 5.32 Å². The molecule has 1 atom stereocenters. The molecule has 0 saturated heterocycles. The van der Waals surface area contributed by atoms with Crippen LogP contribution >= 0.6 is 0 Å². The summed E-state index contributed by atoms with van der Waals surface area (Å²) in [4.78, 5) is 23.2. The molecule has 9 nitrogen and oxygen atoms in total. The highest BCUT2D eigenvalue weighted by atomic mass is 32.2. The molecular formula is C21H27N3O6S. The maximum absolute atomic E-state index is 12.7. The number of sulfonamides is 1. The van der Waals surface area contributed by atoms with Crippen LogP contribution in [0.4, 0.5) is 11.4 Å². The topological polar surface area (TPSA) is 119 Å². The van der Waals surface area contributed by atoms with Crippen LogP contribution in [0.5, 0.6) is 5.75 Å². The van der Waals surface area contributed by atoms with Gasteiger partial charge in [0.2, 0.25) is 15.9 Å². The molecule has 2 aromatic carbocycles. The number of nitro groups is 1. The minimum absolute atomic E-state index is 0.0889. The van der Waals surface area contributed by atoms with Gasteiger partial charge in [-0.25, -0.2) is 8.42 Å². The first-order chi connectivity index (χ1) is 14.4. The van der Waals surface area contributed by atoms with E-state index in [-0.39, 0.29) is 24.5 Å². The summed E-state index contributed by atoms with van der Waals surface area (Å²) in [6, 6.07) is 8.59. The summed E-state index contributed by atoms with van der Waals surface area (Å²) < 4.78 is 31.5. The molecule has 10 heteroatoms. The summed E-state index contributed by atoms with van der Waals surface area (Å²) in [5, 5.41) is 13.8. The van der Waals surface area contributed by atoms with E-state index in [4.69, 9.17) is 4.74 Å². The molecular weight excluding hydrogens is 422 g/mol. The number of non-ortho nitro benzene ring substituents is 1. The number of nitrogens with one attached hydrogen (secondary N) is 1. The number of aryl methyl sites for hydroxylation is 3. The molecule has 0 bridgehead atoms. The van der Waals surface area contributed by atoms with Gasteiger partial charge in [0.05, 0.1) is 23.4 Å². The first-order valence-electron chi connectivity index (χ1n) is 9.64. The summed E-state index contributed by atoms with van der Waals surface area (Å²) >= 11 is 0. The molecule has 31 heavy (non-hydrogen) atoms. The van der Waals surface area contributed by atoms with Gasteiger partial charge >= 0.3 is 0 Å². The third-order valence-electron chi connectivity index (χ3n) is 4.73. The van der Waals surface area contributed by atoms with Crippen LogP contribution in [0.15, 0.2) is 36.4 Å². The van der Waals surface area contributed by atoms with Gasteiger partial charge in [0.25, 0.3) is 5.69 Å². The Morgan fingerprint density at radius 3 is 2.42 bits per heavy atom. The van der Waals surface area contributed by atoms with Crippen LogP contribution in [0.3, 0.4) is 0 Å². The van der Waals surface area contributed by atoms with E-state index in [2.05, 4.69) is 5.32 Å². The van der Waals surface area contributed by atoms with Crippen molar-refractivity contribution < 1.29 is 22.9 Å². The van der Waals surface area contributed by atoms with E-state index in [1.165, 1.54) is 19.1 Å². The SMILES string of the molecule is Cc1ccc(C)c(OCCNC(=O)[C@H](C)N(c2cc([N+](=O)[O-])ccc2C)S(C)(=O)=O)c1. The van der Waals surface area contributed by atoms with Crippen LogP contribution in [0.25, 0.3) is 0 Å². The van der Waals surface area contributed by atoms with E-state index in [9.17, 15) is 23.3 Å². The number of anilines is 1. The van der Waals surface area contributed by atoms with Gasteiger partial charge in [0.1, 0.15) is 18.4 Å². The van der Waals surface area contributed by atoms with Crippen molar-refractivity contribution in [3.05, 3.63) is 63.2 Å². The van der Waals surface area contributed by atoms with Gasteiger partial charge in [-0.3, -0.25) is 19.2 Å². The second-order valence-corrected chi connectivity index (χ2v) is 9.23. The normalized spacial score (nSPS) is 12.2. The number of nitrogens with zero attached hydrogens (tertiary/aromatic N) is 2. The molecule has 0 radical (unpaired) electrons. The summed E-state index contributed by atoms with van der Waals surface area (Å²) in [7, 11) is -3.89. The number of nitro benzene ring substituents is 1. The van der Waals surface area contributed by atoms with Crippen LogP contribution in [-0.4, -0.2) is 44.7 Å². The lowest BCUT2D eigenvalue weighted by molar-refractivity contribution is -0.384. The smallest absolute Gasteiger partial charge is 0.271 e. The van der Waals surface area contributed by atoms with E-state index in [0.29, 0.717) is 11.3 Å². The molecule has 0 unspecified atom stereocenters. The maximum atomic E-state index is 12.7. The van der Waals surface area contributed by atoms with Crippen molar-refractivity contribution in [3.8, 4) is 5.75 Å². The summed E-state index contributed by atoms with van der Waals surface area (Å²) in [6.45, 7) is 7.30. The average Bonchev–Trinajstić information content (AvgIpc) is 2.67. The lowest BCUT2D eigenvalue weighted by Gasteiger charge is -2.29. The van der Waals surface area contributed by atoms with E-state index < -0.39 is 26.9 Å². The molecule has 0 aromatic heterocycles. The Kier molecular flexibility index (Phi) is 7.61. The highest BCUT2D eigenvalue weighted by Crippen LogP contribution is 2.29. The van der Waals surface area contributed by atoms with Gasteiger partial charge in [-0.1, -0.05) is 18.2 Å². The maximum Gasteiger partial charge on any atom is 0.271 e. The van der Waals surface area contributed by atoms with Crippen molar-refractivity contribution in [2.24, 2.45) is 0 Å². The number of carbonyl (C=O) groups excluding carboxylic acids is 1. The van der Waals surface area contributed by atoms with Gasteiger partial charge in [-0.2, -0.15) is 0 Å². The molecule has 0 aliphatic heterocycles. The highest BCUT2D eigenvalue weighted by molar-refractivity contribution is 7.92. The predicted molar refractivity (Wildman–Crippen MR) is 119 cm³/mol. The minimum atomic E-state index is -3.89. The zero-order valence-electron chi connectivity index (χ0n) is 18.2. The lowest BCUT2D eigenvalue weighted by atomic mass is 10.1. The Labute approximate surface area is 182 Å².